The molecule has 0 N–H and O–H groups in total. The van der Waals surface area contributed by atoms with Gasteiger partial charge in [-0.05, 0) is 37.3 Å². The second kappa shape index (κ2) is 6.17. The van der Waals surface area contributed by atoms with E-state index >= 15 is 0 Å². The average molecular weight is 360 g/mol. The first-order valence-electron chi connectivity index (χ1n) is 8.05. The summed E-state index contributed by atoms with van der Waals surface area (Å²) in [5, 5.41) is 0. The van der Waals surface area contributed by atoms with Crippen molar-refractivity contribution < 1.29 is 22.6 Å². The van der Waals surface area contributed by atoms with Crippen molar-refractivity contribution in [2.24, 2.45) is 0 Å². The fraction of sp³-hybridized carbons (Fsp3) is 0.211. The molecule has 1 aliphatic rings. The first-order valence-corrected chi connectivity index (χ1v) is 8.05. The monoisotopic (exact) mass is 360 g/mol. The summed E-state index contributed by atoms with van der Waals surface area (Å²) in [5.74, 6) is -1.68. The number of hydrogen-bond acceptors (Lipinski definition) is 3. The van der Waals surface area contributed by atoms with Gasteiger partial charge in [-0.3, -0.25) is 4.57 Å². The second-order valence-corrected chi connectivity index (χ2v) is 6.12. The molecule has 0 radical (unpaired) electrons. The molecule has 1 fully saturated rings. The molecule has 2 aromatic carbocycles. The normalized spacial score (nSPS) is 20.0. The molecule has 0 bridgehead atoms. The van der Waals surface area contributed by atoms with Gasteiger partial charge in [-0.15, -0.1) is 0 Å². The molecule has 0 unspecified atom stereocenters. The molecule has 3 aromatic rings. The topological polar surface area (TPSA) is 39.6 Å². The predicted octanol–water partition coefficient (Wildman–Crippen LogP) is 3.98. The molecule has 7 heteroatoms. The van der Waals surface area contributed by atoms with Crippen LogP contribution in [0.4, 0.5) is 13.2 Å². The molecule has 0 saturated carbocycles. The third kappa shape index (κ3) is 2.84. The largest absolute Gasteiger partial charge is 0.458 e. The van der Waals surface area contributed by atoms with Crippen molar-refractivity contribution in [1.82, 2.24) is 9.55 Å². The third-order valence-corrected chi connectivity index (χ3v) is 4.49. The van der Waals surface area contributed by atoms with Crippen LogP contribution in [0.15, 0.2) is 54.9 Å². The van der Waals surface area contributed by atoms with Crippen LogP contribution in [-0.4, -0.2) is 22.3 Å². The van der Waals surface area contributed by atoms with Crippen LogP contribution in [0.25, 0.3) is 5.69 Å². The molecule has 26 heavy (non-hydrogen) atoms. The van der Waals surface area contributed by atoms with Gasteiger partial charge in [0.1, 0.15) is 23.6 Å². The Hall–Kier alpha value is -2.80. The van der Waals surface area contributed by atoms with Gasteiger partial charge in [0.05, 0.1) is 12.3 Å². The Bertz CT molecular complexity index is 936. The van der Waals surface area contributed by atoms with E-state index in [0.717, 1.165) is 6.07 Å². The van der Waals surface area contributed by atoms with Crippen molar-refractivity contribution in [1.29, 1.82) is 0 Å². The summed E-state index contributed by atoms with van der Waals surface area (Å²) >= 11 is 0. The molecule has 4 nitrogen and oxygen atoms in total. The molecular weight excluding hydrogens is 345 g/mol. The van der Waals surface area contributed by atoms with E-state index in [4.69, 9.17) is 9.47 Å². The summed E-state index contributed by atoms with van der Waals surface area (Å²) in [6.07, 6.45) is 2.64. The number of nitrogens with zero attached hydrogens (tertiary/aromatic N) is 2. The van der Waals surface area contributed by atoms with Crippen molar-refractivity contribution >= 4 is 0 Å². The van der Waals surface area contributed by atoms with Gasteiger partial charge in [-0.2, -0.15) is 0 Å². The number of imidazole rings is 1. The fourth-order valence-corrected chi connectivity index (χ4v) is 2.95. The number of halogens is 3. The summed E-state index contributed by atoms with van der Waals surface area (Å²) in [5.41, 5.74) is -0.0757. The summed E-state index contributed by atoms with van der Waals surface area (Å²) in [7, 11) is 0. The number of ether oxygens (including phenoxy) is 2. The molecule has 2 atom stereocenters. The van der Waals surface area contributed by atoms with Gasteiger partial charge in [0.15, 0.2) is 5.60 Å². The van der Waals surface area contributed by atoms with Crippen molar-refractivity contribution in [3.63, 3.8) is 0 Å². The van der Waals surface area contributed by atoms with Crippen LogP contribution in [0.1, 0.15) is 12.5 Å². The average Bonchev–Trinajstić information content (AvgIpc) is 3.29. The van der Waals surface area contributed by atoms with Crippen LogP contribution >= 0.6 is 0 Å². The highest BCUT2D eigenvalue weighted by Crippen LogP contribution is 2.44. The first-order chi connectivity index (χ1) is 12.5. The molecule has 1 aromatic heterocycles. The lowest BCUT2D eigenvalue weighted by atomic mass is 9.94. The molecule has 0 amide bonds. The van der Waals surface area contributed by atoms with E-state index in [9.17, 15) is 13.2 Å². The molecule has 1 saturated heterocycles. The molecule has 2 heterocycles. The lowest BCUT2D eigenvalue weighted by Gasteiger charge is -2.22. The maximum absolute atomic E-state index is 14.2. The standard InChI is InChI=1S/C19H15F3N2O2/c1-12(19(11-25-19)16-7-4-14(21)10-17(16)22)26-18-23-8-9-24(18)15-5-2-13(20)3-6-15/h2-10,12H,11H2,1H3/t12-,19+/m1/s1. The number of rotatable bonds is 5. The molecular formula is C19H15F3N2O2. The number of hydrogen-bond donors (Lipinski definition) is 0. The van der Waals surface area contributed by atoms with E-state index in [1.54, 1.807) is 36.0 Å². The Kier molecular flexibility index (Phi) is 3.96. The van der Waals surface area contributed by atoms with Gasteiger partial charge in [-0.1, -0.05) is 6.07 Å². The van der Waals surface area contributed by atoms with E-state index in [2.05, 4.69) is 4.98 Å². The highest BCUT2D eigenvalue weighted by Gasteiger charge is 2.54. The number of benzene rings is 2. The summed E-state index contributed by atoms with van der Waals surface area (Å²) in [4.78, 5) is 4.16. The Balaban J connectivity index is 1.60. The fourth-order valence-electron chi connectivity index (χ4n) is 2.95. The van der Waals surface area contributed by atoms with Gasteiger partial charge < -0.3 is 9.47 Å². The van der Waals surface area contributed by atoms with Crippen molar-refractivity contribution in [3.05, 3.63) is 77.9 Å². The van der Waals surface area contributed by atoms with E-state index in [-0.39, 0.29) is 24.0 Å². The number of aromatic nitrogens is 2. The highest BCUT2D eigenvalue weighted by molar-refractivity contribution is 5.35. The minimum absolute atomic E-state index is 0.242. The second-order valence-electron chi connectivity index (χ2n) is 6.12. The zero-order chi connectivity index (χ0) is 18.3. The third-order valence-electron chi connectivity index (χ3n) is 4.49. The SMILES string of the molecule is C[C@@H](Oc1nccn1-c1ccc(F)cc1)[C@]1(c2ccc(F)cc2F)CO1. The molecule has 4 rings (SSSR count). The van der Waals surface area contributed by atoms with Gasteiger partial charge in [-0.25, -0.2) is 18.2 Å². The smallest absolute Gasteiger partial charge is 0.301 e. The van der Waals surface area contributed by atoms with Crippen LogP contribution in [0, 0.1) is 17.5 Å². The van der Waals surface area contributed by atoms with Crippen LogP contribution in [0.3, 0.4) is 0 Å². The molecule has 0 spiro atoms. The molecule has 1 aliphatic heterocycles. The van der Waals surface area contributed by atoms with Crippen molar-refractivity contribution in [3.8, 4) is 11.7 Å². The predicted molar refractivity (Wildman–Crippen MR) is 87.6 cm³/mol. The van der Waals surface area contributed by atoms with Gasteiger partial charge in [0, 0.05) is 24.0 Å². The van der Waals surface area contributed by atoms with Gasteiger partial charge in [0.25, 0.3) is 0 Å². The highest BCUT2D eigenvalue weighted by atomic mass is 19.1. The summed E-state index contributed by atoms with van der Waals surface area (Å²) < 4.78 is 53.5. The Morgan fingerprint density at radius 1 is 1.12 bits per heavy atom. The maximum atomic E-state index is 14.2. The van der Waals surface area contributed by atoms with Crippen molar-refractivity contribution in [2.75, 3.05) is 6.61 Å². The zero-order valence-electron chi connectivity index (χ0n) is 13.8. The van der Waals surface area contributed by atoms with Crippen LogP contribution < -0.4 is 4.74 Å². The zero-order valence-corrected chi connectivity index (χ0v) is 13.8. The van der Waals surface area contributed by atoms with E-state index in [1.807, 2.05) is 0 Å². The van der Waals surface area contributed by atoms with Crippen LogP contribution in [-0.2, 0) is 10.3 Å². The Labute approximate surface area is 147 Å². The van der Waals surface area contributed by atoms with Crippen LogP contribution in [0.5, 0.6) is 6.01 Å². The minimum atomic E-state index is -0.989. The molecule has 0 aliphatic carbocycles. The van der Waals surface area contributed by atoms with Crippen molar-refractivity contribution in [2.45, 2.75) is 18.6 Å². The Morgan fingerprint density at radius 2 is 1.81 bits per heavy atom. The Morgan fingerprint density at radius 3 is 2.46 bits per heavy atom. The summed E-state index contributed by atoms with van der Waals surface area (Å²) in [6, 6.07) is 9.50. The molecule has 134 valence electrons. The quantitative estimate of drug-likeness (QED) is 0.646. The van der Waals surface area contributed by atoms with Gasteiger partial charge >= 0.3 is 6.01 Å². The minimum Gasteiger partial charge on any atom is -0.458 e. The maximum Gasteiger partial charge on any atom is 0.301 e. The first kappa shape index (κ1) is 16.7. The summed E-state index contributed by atoms with van der Waals surface area (Å²) in [6.45, 7) is 1.99. The van der Waals surface area contributed by atoms with Gasteiger partial charge in [0.2, 0.25) is 0 Å². The van der Waals surface area contributed by atoms with E-state index < -0.39 is 23.3 Å². The van der Waals surface area contributed by atoms with E-state index in [1.165, 1.54) is 24.3 Å². The van der Waals surface area contributed by atoms with Crippen LogP contribution in [0.2, 0.25) is 0 Å². The number of epoxide rings is 1. The lowest BCUT2D eigenvalue weighted by Crippen LogP contribution is -2.32. The van der Waals surface area contributed by atoms with E-state index in [0.29, 0.717) is 5.69 Å². The lowest BCUT2D eigenvalue weighted by molar-refractivity contribution is 0.0964.